The zero-order valence-corrected chi connectivity index (χ0v) is 17.8. The molecule has 172 valence electrons. The van der Waals surface area contributed by atoms with Gasteiger partial charge in [0.25, 0.3) is 0 Å². The lowest BCUT2D eigenvalue weighted by Crippen LogP contribution is -2.49. The van der Waals surface area contributed by atoms with Crippen molar-refractivity contribution in [3.63, 3.8) is 0 Å². The van der Waals surface area contributed by atoms with Crippen molar-refractivity contribution in [1.29, 1.82) is 0 Å². The summed E-state index contributed by atoms with van der Waals surface area (Å²) in [7, 11) is 0. The number of anilines is 2. The van der Waals surface area contributed by atoms with Crippen LogP contribution in [0.3, 0.4) is 0 Å². The van der Waals surface area contributed by atoms with Crippen LogP contribution in [-0.2, 0) is 10.4 Å². The molecular weight excluding hydrogens is 430 g/mol. The summed E-state index contributed by atoms with van der Waals surface area (Å²) in [6, 6.07) is 4.58. The molecule has 2 atom stereocenters. The van der Waals surface area contributed by atoms with Crippen LogP contribution >= 0.6 is 0 Å². The molecule has 1 fully saturated rings. The second-order valence-corrected chi connectivity index (χ2v) is 8.45. The van der Waals surface area contributed by atoms with E-state index in [-0.39, 0.29) is 34.2 Å². The third kappa shape index (κ3) is 4.34. The van der Waals surface area contributed by atoms with Gasteiger partial charge in [-0.1, -0.05) is 0 Å². The zero-order chi connectivity index (χ0) is 23.3. The van der Waals surface area contributed by atoms with E-state index in [0.717, 1.165) is 0 Å². The SMILES string of the molecule is C[C@H]1CN(c2cc(C(C)(C)F)cc(-c3ccnc4c3[C@@H](C(F)(F)F)OC(=O)N4)n2)CCN1. The molecule has 11 heteroatoms. The van der Waals surface area contributed by atoms with E-state index in [2.05, 4.69) is 25.3 Å². The fraction of sp³-hybridized carbons (Fsp3) is 0.476. The Labute approximate surface area is 182 Å². The number of ether oxygens (including phenoxy) is 1. The predicted octanol–water partition coefficient (Wildman–Crippen LogP) is 4.31. The summed E-state index contributed by atoms with van der Waals surface area (Å²) in [5.74, 6) is 0.205. The van der Waals surface area contributed by atoms with Crippen molar-refractivity contribution < 1.29 is 27.1 Å². The van der Waals surface area contributed by atoms with E-state index in [4.69, 9.17) is 0 Å². The number of alkyl halides is 4. The quantitative estimate of drug-likeness (QED) is 0.675. The third-order valence-electron chi connectivity index (χ3n) is 5.46. The lowest BCUT2D eigenvalue weighted by Gasteiger charge is -2.34. The number of fused-ring (bicyclic) bond motifs is 1. The molecule has 2 aromatic heterocycles. The van der Waals surface area contributed by atoms with E-state index in [1.807, 2.05) is 11.8 Å². The number of carbonyl (C=O) groups excluding carboxylic acids is 1. The number of halogens is 4. The van der Waals surface area contributed by atoms with Crippen molar-refractivity contribution in [2.75, 3.05) is 29.9 Å². The molecule has 2 aromatic rings. The minimum absolute atomic E-state index is 0.0628. The first-order chi connectivity index (χ1) is 14.9. The number of aromatic nitrogens is 2. The molecular formula is C21H23F4N5O2. The van der Waals surface area contributed by atoms with Gasteiger partial charge in [-0.15, -0.1) is 0 Å². The summed E-state index contributed by atoms with van der Waals surface area (Å²) < 4.78 is 60.8. The minimum Gasteiger partial charge on any atom is -0.431 e. The zero-order valence-electron chi connectivity index (χ0n) is 17.8. The van der Waals surface area contributed by atoms with Gasteiger partial charge < -0.3 is 15.0 Å². The normalized spacial score (nSPS) is 21.6. The molecule has 4 heterocycles. The van der Waals surface area contributed by atoms with Crippen molar-refractivity contribution in [2.45, 2.75) is 44.8 Å². The molecule has 0 radical (unpaired) electrons. The Morgan fingerprint density at radius 1 is 1.22 bits per heavy atom. The Kier molecular flexibility index (Phi) is 5.48. The van der Waals surface area contributed by atoms with Crippen LogP contribution in [0.25, 0.3) is 11.3 Å². The third-order valence-corrected chi connectivity index (χ3v) is 5.46. The van der Waals surface area contributed by atoms with Gasteiger partial charge >= 0.3 is 12.3 Å². The Morgan fingerprint density at radius 2 is 1.97 bits per heavy atom. The van der Waals surface area contributed by atoms with E-state index in [0.29, 0.717) is 25.5 Å². The number of amides is 1. The van der Waals surface area contributed by atoms with Crippen LogP contribution in [0.2, 0.25) is 0 Å². The summed E-state index contributed by atoms with van der Waals surface area (Å²) >= 11 is 0. The highest BCUT2D eigenvalue weighted by Gasteiger charge is 2.49. The van der Waals surface area contributed by atoms with Gasteiger partial charge in [-0.2, -0.15) is 13.2 Å². The smallest absolute Gasteiger partial charge is 0.430 e. The highest BCUT2D eigenvalue weighted by atomic mass is 19.4. The summed E-state index contributed by atoms with van der Waals surface area (Å²) in [5.41, 5.74) is -1.64. The molecule has 2 aliphatic heterocycles. The summed E-state index contributed by atoms with van der Waals surface area (Å²) in [6.45, 7) is 6.68. The molecule has 4 rings (SSSR count). The number of hydrogen-bond donors (Lipinski definition) is 2. The number of carbonyl (C=O) groups is 1. The molecule has 0 aliphatic carbocycles. The molecule has 2 N–H and O–H groups in total. The van der Waals surface area contributed by atoms with Gasteiger partial charge in [0, 0.05) is 37.4 Å². The molecule has 7 nitrogen and oxygen atoms in total. The topological polar surface area (TPSA) is 79.4 Å². The van der Waals surface area contributed by atoms with Crippen LogP contribution in [0.5, 0.6) is 0 Å². The van der Waals surface area contributed by atoms with Crippen LogP contribution in [-0.4, -0.2) is 47.9 Å². The summed E-state index contributed by atoms with van der Waals surface area (Å²) in [5, 5.41) is 5.51. The Bertz CT molecular complexity index is 1040. The van der Waals surface area contributed by atoms with Gasteiger partial charge in [-0.25, -0.2) is 19.2 Å². The first-order valence-corrected chi connectivity index (χ1v) is 10.2. The van der Waals surface area contributed by atoms with Gasteiger partial charge in [0.05, 0.1) is 11.3 Å². The van der Waals surface area contributed by atoms with Crippen LogP contribution in [0.1, 0.15) is 38.0 Å². The molecule has 2 aliphatic rings. The van der Waals surface area contributed by atoms with Crippen molar-refractivity contribution in [2.24, 2.45) is 0 Å². The number of nitrogens with zero attached hydrogens (tertiary/aromatic N) is 3. The largest absolute Gasteiger partial charge is 0.431 e. The highest BCUT2D eigenvalue weighted by molar-refractivity contribution is 5.89. The van der Waals surface area contributed by atoms with E-state index in [1.54, 1.807) is 6.07 Å². The van der Waals surface area contributed by atoms with Crippen LogP contribution < -0.4 is 15.5 Å². The van der Waals surface area contributed by atoms with Crippen molar-refractivity contribution in [1.82, 2.24) is 15.3 Å². The minimum atomic E-state index is -4.86. The Morgan fingerprint density at radius 3 is 2.62 bits per heavy atom. The number of nitrogens with one attached hydrogen (secondary N) is 2. The Hall–Kier alpha value is -2.95. The molecule has 0 spiro atoms. The average Bonchev–Trinajstić information content (AvgIpc) is 2.71. The van der Waals surface area contributed by atoms with Gasteiger partial charge in [0.15, 0.2) is 0 Å². The predicted molar refractivity (Wildman–Crippen MR) is 110 cm³/mol. The van der Waals surface area contributed by atoms with Crippen molar-refractivity contribution >= 4 is 17.7 Å². The van der Waals surface area contributed by atoms with E-state index in [9.17, 15) is 22.4 Å². The van der Waals surface area contributed by atoms with E-state index < -0.39 is 24.0 Å². The van der Waals surface area contributed by atoms with Gasteiger partial charge in [-0.3, -0.25) is 5.32 Å². The second kappa shape index (κ2) is 7.88. The molecule has 0 bridgehead atoms. The molecule has 0 unspecified atom stereocenters. The average molecular weight is 453 g/mol. The van der Waals surface area contributed by atoms with E-state index >= 15 is 0 Å². The first-order valence-electron chi connectivity index (χ1n) is 10.2. The summed E-state index contributed by atoms with van der Waals surface area (Å²) in [6.07, 6.45) is -7.35. The van der Waals surface area contributed by atoms with Crippen LogP contribution in [0.4, 0.5) is 34.0 Å². The van der Waals surface area contributed by atoms with Crippen molar-refractivity contribution in [3.8, 4) is 11.3 Å². The molecule has 1 amide bonds. The monoisotopic (exact) mass is 453 g/mol. The molecule has 0 aromatic carbocycles. The Balaban J connectivity index is 1.90. The molecule has 0 saturated carbocycles. The standard InChI is InChI=1S/C21H23F4N5O2/c1-11-10-30(7-6-26-11)15-9-12(20(2,3)22)8-14(28-15)13-4-5-27-18-16(13)17(21(23,24)25)32-19(31)29-18/h4-5,8-9,11,17,26H,6-7,10H2,1-3H3,(H,27,29,31)/t11-,17-/m0/s1. The number of hydrogen-bond acceptors (Lipinski definition) is 6. The molecule has 1 saturated heterocycles. The number of pyridine rings is 2. The number of piperazine rings is 1. The lowest BCUT2D eigenvalue weighted by atomic mass is 9.95. The fourth-order valence-electron chi connectivity index (χ4n) is 3.88. The first kappa shape index (κ1) is 22.3. The van der Waals surface area contributed by atoms with E-state index in [1.165, 1.54) is 32.2 Å². The molecule has 32 heavy (non-hydrogen) atoms. The second-order valence-electron chi connectivity index (χ2n) is 8.45. The van der Waals surface area contributed by atoms with Crippen LogP contribution in [0, 0.1) is 0 Å². The maximum absolute atomic E-state index is 15.0. The van der Waals surface area contributed by atoms with Crippen molar-refractivity contribution in [3.05, 3.63) is 35.5 Å². The summed E-state index contributed by atoms with van der Waals surface area (Å²) in [4.78, 5) is 22.1. The maximum Gasteiger partial charge on any atom is 0.430 e. The fourth-order valence-corrected chi connectivity index (χ4v) is 3.88. The lowest BCUT2D eigenvalue weighted by molar-refractivity contribution is -0.206. The van der Waals surface area contributed by atoms with Crippen LogP contribution in [0.15, 0.2) is 24.4 Å². The van der Waals surface area contributed by atoms with Gasteiger partial charge in [0.1, 0.15) is 17.3 Å². The number of rotatable bonds is 3. The highest BCUT2D eigenvalue weighted by Crippen LogP contribution is 2.45. The van der Waals surface area contributed by atoms with Gasteiger partial charge in [0.2, 0.25) is 6.10 Å². The number of cyclic esters (lactones) is 1. The van der Waals surface area contributed by atoms with Gasteiger partial charge in [-0.05, 0) is 44.5 Å². The maximum atomic E-state index is 15.0.